The van der Waals surface area contributed by atoms with E-state index in [9.17, 15) is 4.79 Å². The Morgan fingerprint density at radius 2 is 2.08 bits per heavy atom. The summed E-state index contributed by atoms with van der Waals surface area (Å²) >= 11 is 1.80. The van der Waals surface area contributed by atoms with E-state index in [1.165, 1.54) is 11.1 Å². The first-order chi connectivity index (χ1) is 12.6. The lowest BCUT2D eigenvalue weighted by Crippen LogP contribution is -2.40. The number of amides is 1. The molecule has 0 radical (unpaired) electrons. The molecule has 6 nitrogen and oxygen atoms in total. The van der Waals surface area contributed by atoms with Crippen LogP contribution in [-0.4, -0.2) is 38.5 Å². The molecule has 1 atom stereocenters. The highest BCUT2D eigenvalue weighted by atomic mass is 32.1. The van der Waals surface area contributed by atoms with E-state index in [0.29, 0.717) is 18.2 Å². The predicted octanol–water partition coefficient (Wildman–Crippen LogP) is 2.81. The Balaban J connectivity index is 1.58. The smallest absolute Gasteiger partial charge is 0.287 e. The zero-order chi connectivity index (χ0) is 18.8. The first-order valence-electron chi connectivity index (χ1n) is 8.89. The number of nitrogens with zero attached hydrogens (tertiary/aromatic N) is 1. The van der Waals surface area contributed by atoms with Crippen molar-refractivity contribution in [2.45, 2.75) is 26.7 Å². The number of aliphatic imine (C=N–C) groups is 1. The van der Waals surface area contributed by atoms with E-state index in [0.717, 1.165) is 37.5 Å². The molecule has 1 unspecified atom stereocenters. The maximum Gasteiger partial charge on any atom is 0.287 e. The molecular weight excluding hydrogens is 348 g/mol. The Hall–Kier alpha value is -2.28. The molecular formula is C19H28N4O2S. The lowest BCUT2D eigenvalue weighted by Gasteiger charge is -2.15. The van der Waals surface area contributed by atoms with Gasteiger partial charge in [-0.3, -0.25) is 9.79 Å². The van der Waals surface area contributed by atoms with E-state index in [1.54, 1.807) is 24.5 Å². The summed E-state index contributed by atoms with van der Waals surface area (Å²) in [4.78, 5) is 17.6. The van der Waals surface area contributed by atoms with Crippen molar-refractivity contribution in [2.24, 2.45) is 10.9 Å². The second kappa shape index (κ2) is 10.7. The Labute approximate surface area is 159 Å². The van der Waals surface area contributed by atoms with Gasteiger partial charge in [0.25, 0.3) is 5.91 Å². The standard InChI is InChI=1S/C19H28N4O2S/c1-14(12-16-6-4-11-26-16)13-23-19(20-3)22-9-5-8-21-18(24)17-15(2)7-10-25-17/h4,6-7,10-11,14H,5,8-9,12-13H2,1-3H3,(H,21,24)(H2,20,22,23). The van der Waals surface area contributed by atoms with Crippen LogP contribution in [0.2, 0.25) is 0 Å². The molecule has 3 N–H and O–H groups in total. The summed E-state index contributed by atoms with van der Waals surface area (Å²) in [5.41, 5.74) is 0.849. The molecule has 2 aromatic heterocycles. The highest BCUT2D eigenvalue weighted by Gasteiger charge is 2.11. The van der Waals surface area contributed by atoms with Gasteiger partial charge in [-0.1, -0.05) is 13.0 Å². The van der Waals surface area contributed by atoms with E-state index < -0.39 is 0 Å². The van der Waals surface area contributed by atoms with Crippen LogP contribution < -0.4 is 16.0 Å². The molecule has 0 aromatic carbocycles. The zero-order valence-corrected chi connectivity index (χ0v) is 16.5. The fourth-order valence-electron chi connectivity index (χ4n) is 2.52. The van der Waals surface area contributed by atoms with Crippen molar-refractivity contribution in [3.05, 3.63) is 46.0 Å². The summed E-state index contributed by atoms with van der Waals surface area (Å²) in [5.74, 6) is 1.53. The third-order valence-corrected chi connectivity index (χ3v) is 4.87. The van der Waals surface area contributed by atoms with Crippen molar-refractivity contribution >= 4 is 23.2 Å². The van der Waals surface area contributed by atoms with E-state index in [1.807, 2.05) is 6.92 Å². The lowest BCUT2D eigenvalue weighted by atomic mass is 10.1. The van der Waals surface area contributed by atoms with Gasteiger partial charge in [-0.15, -0.1) is 11.3 Å². The first-order valence-corrected chi connectivity index (χ1v) is 9.77. The van der Waals surface area contributed by atoms with E-state index in [4.69, 9.17) is 4.42 Å². The van der Waals surface area contributed by atoms with Crippen LogP contribution in [0.3, 0.4) is 0 Å². The van der Waals surface area contributed by atoms with Crippen molar-refractivity contribution in [2.75, 3.05) is 26.7 Å². The van der Waals surface area contributed by atoms with Gasteiger partial charge in [-0.25, -0.2) is 0 Å². The minimum absolute atomic E-state index is 0.169. The fourth-order valence-corrected chi connectivity index (χ4v) is 3.39. The Bertz CT molecular complexity index is 694. The minimum Gasteiger partial charge on any atom is -0.459 e. The molecule has 0 saturated heterocycles. The molecule has 0 bridgehead atoms. The SMILES string of the molecule is CN=C(NCCCNC(=O)c1occc1C)NCC(C)Cc1cccs1. The van der Waals surface area contributed by atoms with Gasteiger partial charge in [-0.05, 0) is 43.2 Å². The third-order valence-electron chi connectivity index (χ3n) is 3.97. The number of aryl methyl sites for hydroxylation is 1. The first kappa shape index (κ1) is 20.0. The van der Waals surface area contributed by atoms with Crippen LogP contribution >= 0.6 is 11.3 Å². The topological polar surface area (TPSA) is 78.7 Å². The molecule has 0 saturated carbocycles. The Morgan fingerprint density at radius 3 is 2.73 bits per heavy atom. The fraction of sp³-hybridized carbons (Fsp3) is 0.474. The van der Waals surface area contributed by atoms with Gasteiger partial charge in [0.1, 0.15) is 0 Å². The quantitative estimate of drug-likeness (QED) is 0.357. The maximum absolute atomic E-state index is 11.9. The van der Waals surface area contributed by atoms with Crippen molar-refractivity contribution in [3.8, 4) is 0 Å². The zero-order valence-electron chi connectivity index (χ0n) is 15.7. The van der Waals surface area contributed by atoms with Crippen molar-refractivity contribution in [3.63, 3.8) is 0 Å². The highest BCUT2D eigenvalue weighted by Crippen LogP contribution is 2.13. The molecule has 0 fully saturated rings. The number of carbonyl (C=O) groups is 1. The minimum atomic E-state index is -0.169. The molecule has 0 aliphatic rings. The van der Waals surface area contributed by atoms with E-state index in [2.05, 4.69) is 45.4 Å². The number of hydrogen-bond acceptors (Lipinski definition) is 4. The van der Waals surface area contributed by atoms with Crippen LogP contribution in [0, 0.1) is 12.8 Å². The van der Waals surface area contributed by atoms with Crippen LogP contribution in [0.15, 0.2) is 39.3 Å². The summed E-state index contributed by atoms with van der Waals surface area (Å²) in [5, 5.41) is 11.6. The van der Waals surface area contributed by atoms with Crippen molar-refractivity contribution in [1.29, 1.82) is 0 Å². The molecule has 26 heavy (non-hydrogen) atoms. The van der Waals surface area contributed by atoms with Gasteiger partial charge >= 0.3 is 0 Å². The molecule has 7 heteroatoms. The highest BCUT2D eigenvalue weighted by molar-refractivity contribution is 7.09. The number of carbonyl (C=O) groups excluding carboxylic acids is 1. The van der Waals surface area contributed by atoms with E-state index in [-0.39, 0.29) is 5.91 Å². The number of guanidine groups is 1. The number of rotatable bonds is 9. The van der Waals surface area contributed by atoms with E-state index >= 15 is 0 Å². The molecule has 142 valence electrons. The van der Waals surface area contributed by atoms with Gasteiger partial charge in [0.2, 0.25) is 0 Å². The largest absolute Gasteiger partial charge is 0.459 e. The number of nitrogens with one attached hydrogen (secondary N) is 3. The van der Waals surface area contributed by atoms with Gasteiger partial charge in [0.15, 0.2) is 11.7 Å². The second-order valence-corrected chi connectivity index (χ2v) is 7.34. The summed E-state index contributed by atoms with van der Waals surface area (Å²) in [6, 6.07) is 6.05. The second-order valence-electron chi connectivity index (χ2n) is 6.31. The van der Waals surface area contributed by atoms with Crippen LogP contribution in [0.1, 0.15) is 34.3 Å². The summed E-state index contributed by atoms with van der Waals surface area (Å²) in [6.45, 7) is 6.27. The predicted molar refractivity (Wildman–Crippen MR) is 107 cm³/mol. The normalized spacial score (nSPS) is 12.7. The van der Waals surface area contributed by atoms with Gasteiger partial charge in [-0.2, -0.15) is 0 Å². The summed E-state index contributed by atoms with van der Waals surface area (Å²) in [7, 11) is 1.76. The van der Waals surface area contributed by atoms with Gasteiger partial charge in [0.05, 0.1) is 6.26 Å². The van der Waals surface area contributed by atoms with Crippen LogP contribution in [0.5, 0.6) is 0 Å². The van der Waals surface area contributed by atoms with Gasteiger partial charge in [0, 0.05) is 37.1 Å². The number of furan rings is 1. The molecule has 0 spiro atoms. The number of thiophene rings is 1. The van der Waals surface area contributed by atoms with Gasteiger partial charge < -0.3 is 20.4 Å². The Kier molecular flexibility index (Phi) is 8.21. The average molecular weight is 377 g/mol. The Morgan fingerprint density at radius 1 is 1.27 bits per heavy atom. The average Bonchev–Trinajstić information content (AvgIpc) is 3.28. The van der Waals surface area contributed by atoms with Crippen molar-refractivity contribution in [1.82, 2.24) is 16.0 Å². The number of hydrogen-bond donors (Lipinski definition) is 3. The molecule has 2 rings (SSSR count). The van der Waals surface area contributed by atoms with Crippen molar-refractivity contribution < 1.29 is 9.21 Å². The van der Waals surface area contributed by atoms with Crippen LogP contribution in [0.4, 0.5) is 0 Å². The summed E-state index contributed by atoms with van der Waals surface area (Å²) < 4.78 is 5.17. The monoisotopic (exact) mass is 376 g/mol. The summed E-state index contributed by atoms with van der Waals surface area (Å²) in [6.07, 6.45) is 3.40. The molecule has 0 aliphatic carbocycles. The van der Waals surface area contributed by atoms with Crippen LogP contribution in [-0.2, 0) is 6.42 Å². The third kappa shape index (κ3) is 6.55. The maximum atomic E-state index is 11.9. The molecule has 2 heterocycles. The molecule has 2 aromatic rings. The molecule has 1 amide bonds. The van der Waals surface area contributed by atoms with Crippen LogP contribution in [0.25, 0.3) is 0 Å². The lowest BCUT2D eigenvalue weighted by molar-refractivity contribution is 0.0925. The molecule has 0 aliphatic heterocycles.